The van der Waals surface area contributed by atoms with Crippen LogP contribution < -0.4 is 5.32 Å². The fourth-order valence-electron chi connectivity index (χ4n) is 1.17. The quantitative estimate of drug-likeness (QED) is 0.693. The van der Waals surface area contributed by atoms with Gasteiger partial charge in [-0.1, -0.05) is 20.4 Å². The number of rotatable bonds is 8. The fraction of sp³-hybridized carbons (Fsp3) is 0.846. The minimum absolute atomic E-state index is 0.581. The number of methoxy groups -OCH3 is 1. The maximum Gasteiger partial charge on any atom is 0.0589 e. The number of nitrogens with zero attached hydrogens (tertiary/aromatic N) is 1. The fourth-order valence-corrected chi connectivity index (χ4v) is 1.17. The van der Waals surface area contributed by atoms with Crippen LogP contribution in [0.15, 0.2) is 12.3 Å². The van der Waals surface area contributed by atoms with E-state index in [-0.39, 0.29) is 0 Å². The maximum atomic E-state index is 5.03. The van der Waals surface area contributed by atoms with Crippen molar-refractivity contribution < 1.29 is 4.74 Å². The number of ether oxygens (including phenoxy) is 1. The average molecular weight is 230 g/mol. The smallest absolute Gasteiger partial charge is 0.0589 e. The number of nitrogens with one attached hydrogen (secondary N) is 1. The van der Waals surface area contributed by atoms with Gasteiger partial charge in [0, 0.05) is 31.9 Å². The van der Waals surface area contributed by atoms with E-state index in [0.29, 0.717) is 6.04 Å². The van der Waals surface area contributed by atoms with Gasteiger partial charge in [0.25, 0.3) is 0 Å². The summed E-state index contributed by atoms with van der Waals surface area (Å²) in [5.41, 5.74) is 1.04. The van der Waals surface area contributed by atoms with E-state index in [1.807, 2.05) is 20.8 Å². The first-order chi connectivity index (χ1) is 7.57. The second-order valence-electron chi connectivity index (χ2n) is 3.82. The van der Waals surface area contributed by atoms with E-state index in [4.69, 9.17) is 4.74 Å². The van der Waals surface area contributed by atoms with Crippen LogP contribution >= 0.6 is 0 Å². The van der Waals surface area contributed by atoms with Gasteiger partial charge in [0.15, 0.2) is 0 Å². The summed E-state index contributed by atoms with van der Waals surface area (Å²) in [6.45, 7) is 14.8. The van der Waals surface area contributed by atoms with Gasteiger partial charge < -0.3 is 15.0 Å². The Hall–Kier alpha value is -0.540. The zero-order valence-corrected chi connectivity index (χ0v) is 12.0. The summed E-state index contributed by atoms with van der Waals surface area (Å²) in [6, 6.07) is 0.581. The molecule has 0 rings (SSSR count). The molecule has 16 heavy (non-hydrogen) atoms. The van der Waals surface area contributed by atoms with Gasteiger partial charge in [0.2, 0.25) is 0 Å². The van der Waals surface area contributed by atoms with E-state index in [0.717, 1.165) is 31.8 Å². The van der Waals surface area contributed by atoms with Crippen LogP contribution in [0, 0.1) is 0 Å². The number of hydrogen-bond donors (Lipinski definition) is 1. The first-order valence-corrected chi connectivity index (χ1v) is 6.16. The van der Waals surface area contributed by atoms with Gasteiger partial charge in [-0.25, -0.2) is 0 Å². The molecule has 0 aromatic rings. The Balaban J connectivity index is 0. The Morgan fingerprint density at radius 2 is 2.00 bits per heavy atom. The molecule has 3 nitrogen and oxygen atoms in total. The average Bonchev–Trinajstić information content (AvgIpc) is 2.27. The lowest BCUT2D eigenvalue weighted by Crippen LogP contribution is -2.34. The monoisotopic (exact) mass is 230 g/mol. The molecule has 98 valence electrons. The minimum Gasteiger partial charge on any atom is -0.389 e. The van der Waals surface area contributed by atoms with Crippen molar-refractivity contribution in [1.82, 2.24) is 10.2 Å². The number of allylic oxidation sites excluding steroid dienone is 1. The molecule has 0 heterocycles. The summed E-state index contributed by atoms with van der Waals surface area (Å²) in [6.07, 6.45) is 1.13. The highest BCUT2D eigenvalue weighted by molar-refractivity contribution is 4.84. The van der Waals surface area contributed by atoms with Crippen LogP contribution in [0.3, 0.4) is 0 Å². The Bertz CT molecular complexity index is 160. The summed E-state index contributed by atoms with van der Waals surface area (Å²) in [7, 11) is 3.87. The molecule has 0 aliphatic rings. The molecule has 0 aromatic heterocycles. The van der Waals surface area contributed by atoms with Gasteiger partial charge in [0.05, 0.1) is 6.61 Å². The van der Waals surface area contributed by atoms with Crippen molar-refractivity contribution in [1.29, 1.82) is 0 Å². The Morgan fingerprint density at radius 1 is 1.44 bits per heavy atom. The van der Waals surface area contributed by atoms with Crippen LogP contribution in [0.5, 0.6) is 0 Å². The summed E-state index contributed by atoms with van der Waals surface area (Å²) >= 11 is 0. The van der Waals surface area contributed by atoms with Gasteiger partial charge in [-0.05, 0) is 27.3 Å². The van der Waals surface area contributed by atoms with Crippen molar-refractivity contribution in [3.05, 3.63) is 12.3 Å². The molecule has 0 fully saturated rings. The Labute approximate surface area is 102 Å². The Kier molecular flexibility index (Phi) is 14.0. The van der Waals surface area contributed by atoms with Gasteiger partial charge in [-0.15, -0.1) is 0 Å². The molecule has 0 radical (unpaired) electrons. The summed E-state index contributed by atoms with van der Waals surface area (Å²) in [5, 5.41) is 3.23. The molecule has 1 atom stereocenters. The lowest BCUT2D eigenvalue weighted by atomic mass is 10.2. The third-order valence-corrected chi connectivity index (χ3v) is 2.39. The first kappa shape index (κ1) is 17.8. The highest BCUT2D eigenvalue weighted by atomic mass is 16.5. The van der Waals surface area contributed by atoms with Crippen molar-refractivity contribution in [3.63, 3.8) is 0 Å². The van der Waals surface area contributed by atoms with Crippen LogP contribution in [0.1, 0.15) is 34.1 Å². The molecule has 0 spiro atoms. The second-order valence-corrected chi connectivity index (χ2v) is 3.82. The largest absolute Gasteiger partial charge is 0.389 e. The van der Waals surface area contributed by atoms with Gasteiger partial charge >= 0.3 is 0 Å². The van der Waals surface area contributed by atoms with E-state index in [2.05, 4.69) is 30.8 Å². The van der Waals surface area contributed by atoms with Gasteiger partial charge in [0.1, 0.15) is 0 Å². The molecule has 0 aliphatic carbocycles. The maximum absolute atomic E-state index is 5.03. The Morgan fingerprint density at radius 3 is 2.44 bits per heavy atom. The molecule has 0 saturated heterocycles. The number of likely N-dealkylation sites (N-methyl/N-ethyl adjacent to an activating group) is 1. The van der Waals surface area contributed by atoms with Crippen molar-refractivity contribution in [2.45, 2.75) is 40.2 Å². The second kappa shape index (κ2) is 12.5. The van der Waals surface area contributed by atoms with Crippen LogP contribution in [-0.2, 0) is 4.74 Å². The predicted octanol–water partition coefficient (Wildman–Crippen LogP) is 2.49. The third-order valence-electron chi connectivity index (χ3n) is 2.39. The van der Waals surface area contributed by atoms with Gasteiger partial charge in [-0.2, -0.15) is 0 Å². The molecule has 1 N–H and O–H groups in total. The topological polar surface area (TPSA) is 24.5 Å². The van der Waals surface area contributed by atoms with Gasteiger partial charge in [-0.3, -0.25) is 0 Å². The molecule has 0 amide bonds. The third kappa shape index (κ3) is 11.5. The lowest BCUT2D eigenvalue weighted by molar-refractivity contribution is 0.140. The summed E-state index contributed by atoms with van der Waals surface area (Å²) in [4.78, 5) is 2.31. The van der Waals surface area contributed by atoms with Crippen molar-refractivity contribution >= 4 is 0 Å². The number of hydrogen-bond acceptors (Lipinski definition) is 3. The molecule has 0 aliphatic heterocycles. The van der Waals surface area contributed by atoms with E-state index in [1.165, 1.54) is 0 Å². The first-order valence-electron chi connectivity index (χ1n) is 6.16. The van der Waals surface area contributed by atoms with Crippen molar-refractivity contribution in [2.75, 3.05) is 33.9 Å². The summed E-state index contributed by atoms with van der Waals surface area (Å²) in [5.74, 6) is 0. The minimum atomic E-state index is 0.581. The molecular weight excluding hydrogens is 200 g/mol. The molecular formula is C13H30N2O. The van der Waals surface area contributed by atoms with E-state index in [1.54, 1.807) is 7.11 Å². The molecule has 0 bridgehead atoms. The molecule has 0 aromatic carbocycles. The van der Waals surface area contributed by atoms with Crippen molar-refractivity contribution in [2.24, 2.45) is 0 Å². The van der Waals surface area contributed by atoms with E-state index >= 15 is 0 Å². The van der Waals surface area contributed by atoms with Crippen molar-refractivity contribution in [3.8, 4) is 0 Å². The summed E-state index contributed by atoms with van der Waals surface area (Å²) < 4.78 is 5.03. The molecule has 1 unspecified atom stereocenters. The SMILES string of the molecule is C=C(C)NCCC(C)N(C)CCOC.CC. The van der Waals surface area contributed by atoms with E-state index < -0.39 is 0 Å². The van der Waals surface area contributed by atoms with E-state index in [9.17, 15) is 0 Å². The van der Waals surface area contributed by atoms with Crippen LogP contribution in [-0.4, -0.2) is 44.8 Å². The van der Waals surface area contributed by atoms with Crippen LogP contribution in [0.25, 0.3) is 0 Å². The molecule has 3 heteroatoms. The zero-order chi connectivity index (χ0) is 13.0. The standard InChI is InChI=1S/C11H24N2O.C2H6/c1-10(2)12-7-6-11(3)13(4)8-9-14-5;1-2/h11-12H,1,6-9H2,2-5H3;1-2H3. The zero-order valence-electron chi connectivity index (χ0n) is 12.0. The van der Waals surface area contributed by atoms with Crippen LogP contribution in [0.2, 0.25) is 0 Å². The predicted molar refractivity (Wildman–Crippen MR) is 72.7 cm³/mol. The lowest BCUT2D eigenvalue weighted by Gasteiger charge is -2.24. The normalized spacial score (nSPS) is 11.7. The molecule has 0 saturated carbocycles. The van der Waals surface area contributed by atoms with Crippen LogP contribution in [0.4, 0.5) is 0 Å². The highest BCUT2D eigenvalue weighted by Gasteiger charge is 2.07. The highest BCUT2D eigenvalue weighted by Crippen LogP contribution is 1.99.